The van der Waals surface area contributed by atoms with Crippen LogP contribution in [0.4, 0.5) is 0 Å². The van der Waals surface area contributed by atoms with Gasteiger partial charge in [-0.1, -0.05) is 12.1 Å². The molecule has 2 aromatic carbocycles. The summed E-state index contributed by atoms with van der Waals surface area (Å²) in [6.07, 6.45) is 2.77. The first-order chi connectivity index (χ1) is 12.7. The van der Waals surface area contributed by atoms with Gasteiger partial charge in [-0.3, -0.25) is 19.0 Å². The van der Waals surface area contributed by atoms with E-state index in [-0.39, 0.29) is 11.5 Å². The Kier molecular flexibility index (Phi) is 5.38. The first kappa shape index (κ1) is 17.3. The lowest BCUT2D eigenvalue weighted by Gasteiger charge is -2.08. The Morgan fingerprint density at radius 3 is 2.62 bits per heavy atom. The molecule has 0 spiro atoms. The Morgan fingerprint density at radius 2 is 1.85 bits per heavy atom. The molecule has 1 aromatic heterocycles. The average molecular weight is 350 g/mol. The highest BCUT2D eigenvalue weighted by atomic mass is 16.2. The van der Waals surface area contributed by atoms with E-state index in [9.17, 15) is 14.4 Å². The summed E-state index contributed by atoms with van der Waals surface area (Å²) in [6.45, 7) is 0.982. The van der Waals surface area contributed by atoms with Crippen molar-refractivity contribution in [2.45, 2.75) is 6.42 Å². The number of rotatable bonds is 7. The first-order valence-corrected chi connectivity index (χ1v) is 8.23. The third-order valence-corrected chi connectivity index (χ3v) is 3.94. The van der Waals surface area contributed by atoms with Gasteiger partial charge in [0.05, 0.1) is 16.6 Å². The van der Waals surface area contributed by atoms with Crippen LogP contribution in [0.2, 0.25) is 0 Å². The smallest absolute Gasteiger partial charge is 0.265 e. The van der Waals surface area contributed by atoms with Crippen LogP contribution in [0.5, 0.6) is 0 Å². The van der Waals surface area contributed by atoms with Gasteiger partial charge in [0.2, 0.25) is 6.41 Å². The molecule has 0 fully saturated rings. The number of nitrogens with one attached hydrogen (secondary N) is 2. The second kappa shape index (κ2) is 8.06. The Balaban J connectivity index is 1.73. The van der Waals surface area contributed by atoms with Gasteiger partial charge >= 0.3 is 0 Å². The summed E-state index contributed by atoms with van der Waals surface area (Å²) in [5.41, 5.74) is 1.63. The van der Waals surface area contributed by atoms with E-state index >= 15 is 0 Å². The summed E-state index contributed by atoms with van der Waals surface area (Å²) in [7, 11) is 0. The summed E-state index contributed by atoms with van der Waals surface area (Å²) in [6, 6.07) is 13.9. The maximum atomic E-state index is 12.6. The van der Waals surface area contributed by atoms with Crippen LogP contribution in [-0.2, 0) is 4.79 Å². The molecule has 1 heterocycles. The highest BCUT2D eigenvalue weighted by molar-refractivity contribution is 5.94. The number of hydrogen-bond donors (Lipinski definition) is 2. The maximum absolute atomic E-state index is 12.6. The summed E-state index contributed by atoms with van der Waals surface area (Å²) in [4.78, 5) is 39.1. The molecule has 0 bridgehead atoms. The number of para-hydroxylation sites is 1. The van der Waals surface area contributed by atoms with Crippen molar-refractivity contribution < 1.29 is 9.59 Å². The number of aromatic nitrogens is 2. The van der Waals surface area contributed by atoms with Crippen molar-refractivity contribution >= 4 is 23.2 Å². The van der Waals surface area contributed by atoms with Gasteiger partial charge in [-0.2, -0.15) is 0 Å². The third-order valence-electron chi connectivity index (χ3n) is 3.94. The van der Waals surface area contributed by atoms with Crippen molar-refractivity contribution in [3.8, 4) is 5.69 Å². The summed E-state index contributed by atoms with van der Waals surface area (Å²) in [5, 5.41) is 5.85. The van der Waals surface area contributed by atoms with Crippen LogP contribution in [-0.4, -0.2) is 35.0 Å². The van der Waals surface area contributed by atoms with Gasteiger partial charge in [-0.15, -0.1) is 0 Å². The van der Waals surface area contributed by atoms with Gasteiger partial charge in [0.1, 0.15) is 6.33 Å². The Labute approximate surface area is 149 Å². The van der Waals surface area contributed by atoms with Crippen molar-refractivity contribution in [2.24, 2.45) is 0 Å². The molecule has 0 aliphatic rings. The minimum atomic E-state index is -0.202. The molecule has 2 N–H and O–H groups in total. The molecule has 0 aliphatic carbocycles. The lowest BCUT2D eigenvalue weighted by atomic mass is 10.2. The molecule has 7 nitrogen and oxygen atoms in total. The molecule has 0 saturated heterocycles. The minimum absolute atomic E-state index is 0.157. The first-order valence-electron chi connectivity index (χ1n) is 8.23. The van der Waals surface area contributed by atoms with Crippen LogP contribution in [0.15, 0.2) is 59.7 Å². The number of carbonyl (C=O) groups excluding carboxylic acids is 2. The quantitative estimate of drug-likeness (QED) is 0.495. The minimum Gasteiger partial charge on any atom is -0.359 e. The molecule has 0 saturated carbocycles. The Hall–Kier alpha value is -3.48. The van der Waals surface area contributed by atoms with E-state index in [0.717, 1.165) is 0 Å². The van der Waals surface area contributed by atoms with Crippen molar-refractivity contribution in [1.29, 1.82) is 0 Å². The molecule has 0 unspecified atom stereocenters. The van der Waals surface area contributed by atoms with Crippen LogP contribution in [0.25, 0.3) is 16.6 Å². The topological polar surface area (TPSA) is 93.1 Å². The number of hydrogen-bond acceptors (Lipinski definition) is 4. The monoisotopic (exact) mass is 350 g/mol. The maximum Gasteiger partial charge on any atom is 0.265 e. The number of amides is 2. The van der Waals surface area contributed by atoms with E-state index in [1.807, 2.05) is 6.07 Å². The molecule has 0 aliphatic heterocycles. The average Bonchev–Trinajstić information content (AvgIpc) is 2.68. The van der Waals surface area contributed by atoms with E-state index in [4.69, 9.17) is 0 Å². The van der Waals surface area contributed by atoms with Crippen LogP contribution in [0, 0.1) is 0 Å². The number of carbonyl (C=O) groups is 2. The van der Waals surface area contributed by atoms with Crippen LogP contribution >= 0.6 is 0 Å². The number of benzene rings is 2. The zero-order chi connectivity index (χ0) is 18.4. The number of fused-ring (bicyclic) bond motifs is 1. The standard InChI is InChI=1S/C19H18N4O3/c24-13-20-10-3-11-21-18(25)14-6-8-15(9-7-14)23-12-22-17-5-2-1-4-16(17)19(23)26/h1-2,4-9,12-13H,3,10-11H2,(H,20,24)(H,21,25). The summed E-state index contributed by atoms with van der Waals surface area (Å²) < 4.78 is 1.45. The van der Waals surface area contributed by atoms with Gasteiger partial charge in [-0.25, -0.2) is 4.98 Å². The Morgan fingerprint density at radius 1 is 1.08 bits per heavy atom. The zero-order valence-corrected chi connectivity index (χ0v) is 14.0. The van der Waals surface area contributed by atoms with Crippen molar-refractivity contribution in [2.75, 3.05) is 13.1 Å². The fraction of sp³-hybridized carbons (Fsp3) is 0.158. The molecule has 7 heteroatoms. The fourth-order valence-electron chi connectivity index (χ4n) is 2.58. The van der Waals surface area contributed by atoms with Crippen molar-refractivity contribution in [3.05, 3.63) is 70.8 Å². The van der Waals surface area contributed by atoms with Crippen molar-refractivity contribution in [3.63, 3.8) is 0 Å². The predicted molar refractivity (Wildman–Crippen MR) is 98.4 cm³/mol. The largest absolute Gasteiger partial charge is 0.359 e. The molecule has 2 amide bonds. The summed E-state index contributed by atoms with van der Waals surface area (Å²) >= 11 is 0. The van der Waals surface area contributed by atoms with Gasteiger partial charge in [0.25, 0.3) is 11.5 Å². The van der Waals surface area contributed by atoms with Crippen LogP contribution in [0.1, 0.15) is 16.8 Å². The molecule has 0 radical (unpaired) electrons. The molecule has 132 valence electrons. The van der Waals surface area contributed by atoms with Gasteiger partial charge in [-0.05, 0) is 42.8 Å². The third kappa shape index (κ3) is 3.77. The molecule has 3 aromatic rings. The highest BCUT2D eigenvalue weighted by Crippen LogP contribution is 2.11. The number of nitrogens with zero attached hydrogens (tertiary/aromatic N) is 2. The lowest BCUT2D eigenvalue weighted by Crippen LogP contribution is -2.27. The molecule has 26 heavy (non-hydrogen) atoms. The van der Waals surface area contributed by atoms with E-state index in [1.165, 1.54) is 10.9 Å². The highest BCUT2D eigenvalue weighted by Gasteiger charge is 2.08. The Bertz CT molecular complexity index is 980. The van der Waals surface area contributed by atoms with E-state index in [0.29, 0.717) is 48.1 Å². The molecular weight excluding hydrogens is 332 g/mol. The second-order valence-electron chi connectivity index (χ2n) is 5.67. The normalized spacial score (nSPS) is 10.5. The zero-order valence-electron chi connectivity index (χ0n) is 14.0. The van der Waals surface area contributed by atoms with Gasteiger partial charge in [0, 0.05) is 18.7 Å². The second-order valence-corrected chi connectivity index (χ2v) is 5.67. The van der Waals surface area contributed by atoms with Gasteiger partial charge in [0.15, 0.2) is 0 Å². The predicted octanol–water partition coefficient (Wildman–Crippen LogP) is 1.25. The van der Waals surface area contributed by atoms with Crippen LogP contribution < -0.4 is 16.2 Å². The van der Waals surface area contributed by atoms with E-state index in [1.54, 1.807) is 42.5 Å². The lowest BCUT2D eigenvalue weighted by molar-refractivity contribution is -0.109. The molecular formula is C19H18N4O3. The fourth-order valence-corrected chi connectivity index (χ4v) is 2.58. The van der Waals surface area contributed by atoms with E-state index < -0.39 is 0 Å². The van der Waals surface area contributed by atoms with Crippen molar-refractivity contribution in [1.82, 2.24) is 20.2 Å². The molecule has 0 atom stereocenters. The molecule has 3 rings (SSSR count). The SMILES string of the molecule is O=CNCCCNC(=O)c1ccc(-n2cnc3ccccc3c2=O)cc1. The van der Waals surface area contributed by atoms with Gasteiger partial charge < -0.3 is 10.6 Å². The van der Waals surface area contributed by atoms with E-state index in [2.05, 4.69) is 15.6 Å². The van der Waals surface area contributed by atoms with Crippen LogP contribution in [0.3, 0.4) is 0 Å². The summed E-state index contributed by atoms with van der Waals surface area (Å²) in [5.74, 6) is -0.202.